The number of hydrogen-bond acceptors (Lipinski definition) is 2. The largest absolute Gasteiger partial charge is 0.271 e. The maximum absolute atomic E-state index is 10.3. The lowest BCUT2D eigenvalue weighted by Gasteiger charge is -1.92. The van der Waals surface area contributed by atoms with Crippen LogP contribution in [-0.2, 0) is 0 Å². The summed E-state index contributed by atoms with van der Waals surface area (Å²) in [6.45, 7) is 14.9. The first-order chi connectivity index (χ1) is 7.09. The molecule has 0 rings (SSSR count). The minimum atomic E-state index is -0.442. The molecule has 0 aliphatic heterocycles. The van der Waals surface area contributed by atoms with E-state index >= 15 is 0 Å². The summed E-state index contributed by atoms with van der Waals surface area (Å²) in [6, 6.07) is 0. The van der Waals surface area contributed by atoms with E-state index in [4.69, 9.17) is 0 Å². The molecule has 0 fully saturated rings. The Morgan fingerprint density at radius 3 is 1.87 bits per heavy atom. The molecule has 0 heterocycles. The predicted molar refractivity (Wildman–Crippen MR) is 67.4 cm³/mol. The molecule has 0 radical (unpaired) electrons. The number of rotatable bonds is 3. The molecule has 3 heteroatoms. The van der Waals surface area contributed by atoms with Gasteiger partial charge >= 0.3 is 0 Å². The van der Waals surface area contributed by atoms with Crippen molar-refractivity contribution in [2.75, 3.05) is 0 Å². The zero-order valence-electron chi connectivity index (χ0n) is 10.7. The maximum atomic E-state index is 10.3. The summed E-state index contributed by atoms with van der Waals surface area (Å²) < 4.78 is 0. The first-order valence-electron chi connectivity index (χ1n) is 5.23. The van der Waals surface area contributed by atoms with Crippen LogP contribution in [0.3, 0.4) is 0 Å². The molecule has 0 amide bonds. The summed E-state index contributed by atoms with van der Waals surface area (Å²) in [5.74, 6) is 0. The summed E-state index contributed by atoms with van der Waals surface area (Å²) >= 11 is 0. The van der Waals surface area contributed by atoms with Crippen molar-refractivity contribution in [3.8, 4) is 0 Å². The van der Waals surface area contributed by atoms with E-state index in [1.165, 1.54) is 6.08 Å². The van der Waals surface area contributed by atoms with Crippen LogP contribution in [0.5, 0.6) is 0 Å². The van der Waals surface area contributed by atoms with E-state index in [1.54, 1.807) is 26.0 Å². The molecule has 15 heavy (non-hydrogen) atoms. The van der Waals surface area contributed by atoms with E-state index in [0.29, 0.717) is 5.57 Å². The van der Waals surface area contributed by atoms with Crippen LogP contribution in [0, 0.1) is 10.1 Å². The second kappa shape index (κ2) is 15.1. The van der Waals surface area contributed by atoms with Gasteiger partial charge in [-0.15, -0.1) is 0 Å². The van der Waals surface area contributed by atoms with Gasteiger partial charge in [-0.1, -0.05) is 46.4 Å². The molecule has 0 bridgehead atoms. The third kappa shape index (κ3) is 12.6. The molecule has 3 nitrogen and oxygen atoms in total. The Balaban J connectivity index is -0.000000318. The smallest absolute Gasteiger partial charge is 0.258 e. The van der Waals surface area contributed by atoms with E-state index in [9.17, 15) is 10.1 Å². The van der Waals surface area contributed by atoms with Crippen LogP contribution in [0.2, 0.25) is 0 Å². The van der Waals surface area contributed by atoms with Crippen LogP contribution >= 0.6 is 0 Å². The molecule has 0 saturated heterocycles. The highest BCUT2D eigenvalue weighted by molar-refractivity contribution is 5.23. The lowest BCUT2D eigenvalue weighted by molar-refractivity contribution is -0.420. The Morgan fingerprint density at radius 2 is 1.67 bits per heavy atom. The summed E-state index contributed by atoms with van der Waals surface area (Å²) in [7, 11) is 0. The van der Waals surface area contributed by atoms with Crippen LogP contribution in [0.1, 0.15) is 41.5 Å². The lowest BCUT2D eigenvalue weighted by atomic mass is 10.2. The van der Waals surface area contributed by atoms with Gasteiger partial charge in [0.2, 0.25) is 0 Å². The van der Waals surface area contributed by atoms with Gasteiger partial charge in [-0.2, -0.15) is 0 Å². The van der Waals surface area contributed by atoms with Crippen LogP contribution in [0.4, 0.5) is 0 Å². The molecule has 0 N–H and O–H groups in total. The Hall–Kier alpha value is -1.38. The molecule has 0 aromatic heterocycles. The quantitative estimate of drug-likeness (QED) is 0.397. The molecule has 0 aromatic carbocycles. The minimum absolute atomic E-state index is 0.0584. The Kier molecular flexibility index (Phi) is 19.4. The number of nitro groups is 1. The molecule has 0 saturated carbocycles. The topological polar surface area (TPSA) is 43.1 Å². The van der Waals surface area contributed by atoms with Gasteiger partial charge in [-0.25, -0.2) is 0 Å². The molecule has 0 atom stereocenters. The van der Waals surface area contributed by atoms with Crippen molar-refractivity contribution in [3.05, 3.63) is 46.2 Å². The molecule has 0 aromatic rings. The zero-order valence-corrected chi connectivity index (χ0v) is 10.7. The second-order valence-electron chi connectivity index (χ2n) is 2.12. The molecule has 0 spiro atoms. The number of allylic oxidation sites excluding steroid dienone is 4. The summed E-state index contributed by atoms with van der Waals surface area (Å²) in [6.07, 6.45) is 4.78. The van der Waals surface area contributed by atoms with E-state index in [2.05, 4.69) is 6.58 Å². The van der Waals surface area contributed by atoms with E-state index in [-0.39, 0.29) is 5.70 Å². The third-order valence-electron chi connectivity index (χ3n) is 1.08. The van der Waals surface area contributed by atoms with Gasteiger partial charge in [-0.05, 0) is 13.8 Å². The number of hydrogen-bond donors (Lipinski definition) is 0. The molecule has 0 aliphatic rings. The Labute approximate surface area is 93.3 Å². The van der Waals surface area contributed by atoms with Gasteiger partial charge < -0.3 is 0 Å². The number of nitrogens with zero attached hydrogens (tertiary/aromatic N) is 1. The first-order valence-corrected chi connectivity index (χ1v) is 5.23. The maximum Gasteiger partial charge on any atom is 0.271 e. The van der Waals surface area contributed by atoms with Gasteiger partial charge in [0, 0.05) is 11.6 Å². The standard InChI is InChI=1S/C8H11NO2.2C2H6/c1-4-5-6-8(7(2)3)9(10)11;2*1-2/h4-6H,2H2,1,3H3;2*1-2H3/b5-4-,8-6+;;. The highest BCUT2D eigenvalue weighted by Crippen LogP contribution is 2.06. The molecule has 0 aliphatic carbocycles. The van der Waals surface area contributed by atoms with Crippen molar-refractivity contribution < 1.29 is 4.92 Å². The SMILES string of the molecule is C=C(C)/C(=C\C=C/C)[N+](=O)[O-].CC.CC. The molecule has 88 valence electrons. The van der Waals surface area contributed by atoms with E-state index in [0.717, 1.165) is 0 Å². The summed E-state index contributed by atoms with van der Waals surface area (Å²) in [4.78, 5) is 9.85. The molecular formula is C12H23NO2. The fourth-order valence-corrected chi connectivity index (χ4v) is 0.546. The van der Waals surface area contributed by atoms with Crippen molar-refractivity contribution in [1.29, 1.82) is 0 Å². The van der Waals surface area contributed by atoms with Crippen molar-refractivity contribution >= 4 is 0 Å². The highest BCUT2D eigenvalue weighted by atomic mass is 16.6. The van der Waals surface area contributed by atoms with Gasteiger partial charge in [0.1, 0.15) is 0 Å². The highest BCUT2D eigenvalue weighted by Gasteiger charge is 2.08. The first kappa shape index (κ1) is 19.2. The minimum Gasteiger partial charge on any atom is -0.258 e. The van der Waals surface area contributed by atoms with Crippen LogP contribution in [-0.4, -0.2) is 4.92 Å². The van der Waals surface area contributed by atoms with Gasteiger partial charge in [0.25, 0.3) is 5.70 Å². The third-order valence-corrected chi connectivity index (χ3v) is 1.08. The Morgan fingerprint density at radius 1 is 1.27 bits per heavy atom. The van der Waals surface area contributed by atoms with Crippen LogP contribution in [0.15, 0.2) is 36.1 Å². The van der Waals surface area contributed by atoms with E-state index in [1.807, 2.05) is 27.7 Å². The molecular weight excluding hydrogens is 190 g/mol. The fraction of sp³-hybridized carbons (Fsp3) is 0.500. The zero-order chi connectivity index (χ0) is 12.9. The fourth-order valence-electron chi connectivity index (χ4n) is 0.546. The summed E-state index contributed by atoms with van der Waals surface area (Å²) in [5, 5.41) is 10.3. The average Bonchev–Trinajstić information content (AvgIpc) is 2.23. The lowest BCUT2D eigenvalue weighted by Crippen LogP contribution is -1.98. The van der Waals surface area contributed by atoms with Crippen molar-refractivity contribution in [2.24, 2.45) is 0 Å². The average molecular weight is 213 g/mol. The van der Waals surface area contributed by atoms with Gasteiger partial charge in [0.15, 0.2) is 0 Å². The van der Waals surface area contributed by atoms with Gasteiger partial charge in [-0.3, -0.25) is 10.1 Å². The second-order valence-corrected chi connectivity index (χ2v) is 2.12. The van der Waals surface area contributed by atoms with Crippen LogP contribution in [0.25, 0.3) is 0 Å². The monoisotopic (exact) mass is 213 g/mol. The van der Waals surface area contributed by atoms with Crippen molar-refractivity contribution in [1.82, 2.24) is 0 Å². The molecule has 0 unspecified atom stereocenters. The Bertz CT molecular complexity index is 212. The predicted octanol–water partition coefficient (Wildman–Crippen LogP) is 4.35. The normalized spacial score (nSPS) is 9.60. The van der Waals surface area contributed by atoms with Gasteiger partial charge in [0.05, 0.1) is 4.92 Å². The van der Waals surface area contributed by atoms with Crippen molar-refractivity contribution in [2.45, 2.75) is 41.5 Å². The van der Waals surface area contributed by atoms with Crippen LogP contribution < -0.4 is 0 Å². The summed E-state index contributed by atoms with van der Waals surface area (Å²) in [5.41, 5.74) is 0.524. The van der Waals surface area contributed by atoms with E-state index < -0.39 is 4.92 Å². The van der Waals surface area contributed by atoms with Crippen molar-refractivity contribution in [3.63, 3.8) is 0 Å².